The van der Waals surface area contributed by atoms with Crippen LogP contribution in [-0.2, 0) is 0 Å². The Morgan fingerprint density at radius 2 is 2.00 bits per heavy atom. The molecule has 0 aliphatic carbocycles. The zero-order chi connectivity index (χ0) is 6.53. The molecule has 53 valence electrons. The Labute approximate surface area is 57.0 Å². The lowest BCUT2D eigenvalue weighted by molar-refractivity contribution is 0.497. The number of rotatable bonds is 3. The van der Waals surface area contributed by atoms with Crippen molar-refractivity contribution in [3.63, 3.8) is 0 Å². The summed E-state index contributed by atoms with van der Waals surface area (Å²) in [5, 5.41) is 6.70. The molecule has 2 nitrogen and oxygen atoms in total. The fraction of sp³-hybridized carbons (Fsp3) is 0.857. The molecule has 1 radical (unpaired) electrons. The minimum Gasteiger partial charge on any atom is -0.301 e. The molecule has 1 saturated heterocycles. The summed E-state index contributed by atoms with van der Waals surface area (Å²) in [6.45, 7) is 6.04. The summed E-state index contributed by atoms with van der Waals surface area (Å²) in [5.41, 5.74) is 0. The average Bonchev–Trinajstić information content (AvgIpc) is 2.34. The third kappa shape index (κ3) is 2.33. The van der Waals surface area contributed by atoms with Gasteiger partial charge in [-0.1, -0.05) is 19.8 Å². The van der Waals surface area contributed by atoms with Gasteiger partial charge in [0.15, 0.2) is 0 Å². The van der Waals surface area contributed by atoms with Gasteiger partial charge in [0.05, 0.1) is 6.17 Å². The van der Waals surface area contributed by atoms with E-state index < -0.39 is 0 Å². The van der Waals surface area contributed by atoms with E-state index in [0.717, 1.165) is 19.5 Å². The predicted molar refractivity (Wildman–Crippen MR) is 39.0 cm³/mol. The fourth-order valence-electron chi connectivity index (χ4n) is 1.12. The van der Waals surface area contributed by atoms with Crippen molar-refractivity contribution in [2.45, 2.75) is 25.4 Å². The van der Waals surface area contributed by atoms with Gasteiger partial charge in [-0.05, 0) is 6.42 Å². The predicted octanol–water partition coefficient (Wildman–Crippen LogP) is 0.510. The van der Waals surface area contributed by atoms with Crippen LogP contribution in [0, 0.1) is 6.92 Å². The van der Waals surface area contributed by atoms with Crippen LogP contribution in [0.5, 0.6) is 0 Å². The van der Waals surface area contributed by atoms with Gasteiger partial charge in [0.2, 0.25) is 0 Å². The van der Waals surface area contributed by atoms with E-state index in [4.69, 9.17) is 0 Å². The molecule has 2 heteroatoms. The molecular weight excluding hydrogens is 112 g/mol. The summed E-state index contributed by atoms with van der Waals surface area (Å²) in [6, 6.07) is 0. The maximum Gasteiger partial charge on any atom is 0.0572 e. The Hall–Kier alpha value is -0.0800. The fourth-order valence-corrected chi connectivity index (χ4v) is 1.12. The van der Waals surface area contributed by atoms with Crippen LogP contribution in [-0.4, -0.2) is 19.3 Å². The second-order valence-electron chi connectivity index (χ2n) is 2.46. The van der Waals surface area contributed by atoms with E-state index in [1.54, 1.807) is 0 Å². The highest BCUT2D eigenvalue weighted by Crippen LogP contribution is 1.99. The molecule has 0 aromatic heterocycles. The van der Waals surface area contributed by atoms with Crippen molar-refractivity contribution in [1.29, 1.82) is 0 Å². The Kier molecular flexibility index (Phi) is 3.01. The van der Waals surface area contributed by atoms with Crippen LogP contribution in [0.25, 0.3) is 0 Å². The van der Waals surface area contributed by atoms with Crippen LogP contribution < -0.4 is 10.6 Å². The van der Waals surface area contributed by atoms with Crippen LogP contribution in [0.1, 0.15) is 19.3 Å². The first-order chi connectivity index (χ1) is 4.43. The van der Waals surface area contributed by atoms with Gasteiger partial charge in [-0.3, -0.25) is 0 Å². The van der Waals surface area contributed by atoms with Crippen LogP contribution in [0.3, 0.4) is 0 Å². The van der Waals surface area contributed by atoms with Crippen molar-refractivity contribution in [1.82, 2.24) is 10.6 Å². The Bertz CT molecular complexity index is 67.3. The van der Waals surface area contributed by atoms with Gasteiger partial charge >= 0.3 is 0 Å². The van der Waals surface area contributed by atoms with Gasteiger partial charge in [0, 0.05) is 13.1 Å². The van der Waals surface area contributed by atoms with Crippen molar-refractivity contribution in [3.8, 4) is 0 Å². The zero-order valence-corrected chi connectivity index (χ0v) is 5.82. The number of unbranched alkanes of at least 4 members (excludes halogenated alkanes) is 1. The van der Waals surface area contributed by atoms with Gasteiger partial charge < -0.3 is 10.6 Å². The third-order valence-corrected chi connectivity index (χ3v) is 1.65. The number of hydrogen-bond donors (Lipinski definition) is 2. The van der Waals surface area contributed by atoms with E-state index in [9.17, 15) is 0 Å². The van der Waals surface area contributed by atoms with Crippen LogP contribution in [0.15, 0.2) is 0 Å². The normalized spacial score (nSPS) is 21.0. The van der Waals surface area contributed by atoms with Crippen molar-refractivity contribution >= 4 is 0 Å². The minimum absolute atomic E-state index is 0.576. The molecule has 1 aliphatic rings. The van der Waals surface area contributed by atoms with Gasteiger partial charge in [0.25, 0.3) is 0 Å². The lowest BCUT2D eigenvalue weighted by Crippen LogP contribution is -2.30. The molecule has 0 bridgehead atoms. The maximum absolute atomic E-state index is 3.79. The second kappa shape index (κ2) is 3.85. The lowest BCUT2D eigenvalue weighted by atomic mass is 10.2. The van der Waals surface area contributed by atoms with E-state index in [1.807, 2.05) is 0 Å². The first-order valence-electron chi connectivity index (χ1n) is 3.69. The number of nitrogens with one attached hydrogen (secondary N) is 2. The van der Waals surface area contributed by atoms with Crippen LogP contribution >= 0.6 is 0 Å². The molecule has 1 aliphatic heterocycles. The molecule has 2 N–H and O–H groups in total. The molecule has 0 aromatic carbocycles. The first-order valence-corrected chi connectivity index (χ1v) is 3.69. The molecule has 0 saturated carbocycles. The van der Waals surface area contributed by atoms with Gasteiger partial charge in [0.1, 0.15) is 0 Å². The molecule has 0 atom stereocenters. The highest BCUT2D eigenvalue weighted by Gasteiger charge is 2.10. The Morgan fingerprint density at radius 1 is 1.33 bits per heavy atom. The Morgan fingerprint density at radius 3 is 2.56 bits per heavy atom. The molecule has 1 heterocycles. The molecule has 0 unspecified atom stereocenters. The smallest absolute Gasteiger partial charge is 0.0572 e. The molecule has 0 amide bonds. The quantitative estimate of drug-likeness (QED) is 0.577. The SMILES string of the molecule is [CH2]CCCC1NCCN1. The van der Waals surface area contributed by atoms with E-state index in [0.29, 0.717) is 6.17 Å². The molecule has 0 aromatic rings. The summed E-state index contributed by atoms with van der Waals surface area (Å²) in [5.74, 6) is 0. The van der Waals surface area contributed by atoms with Crippen molar-refractivity contribution in [2.24, 2.45) is 0 Å². The largest absolute Gasteiger partial charge is 0.301 e. The Balaban J connectivity index is 1.98. The van der Waals surface area contributed by atoms with E-state index in [-0.39, 0.29) is 0 Å². The molecular formula is C7H15N2. The third-order valence-electron chi connectivity index (χ3n) is 1.65. The van der Waals surface area contributed by atoms with E-state index in [1.165, 1.54) is 12.8 Å². The molecule has 1 rings (SSSR count). The standard InChI is InChI=1S/C7H15N2/c1-2-3-4-7-8-5-6-9-7/h7-9H,1-6H2. The summed E-state index contributed by atoms with van der Waals surface area (Å²) in [4.78, 5) is 0. The molecule has 0 spiro atoms. The van der Waals surface area contributed by atoms with E-state index in [2.05, 4.69) is 17.6 Å². The number of hydrogen-bond acceptors (Lipinski definition) is 2. The molecule has 9 heavy (non-hydrogen) atoms. The lowest BCUT2D eigenvalue weighted by Gasteiger charge is -2.08. The van der Waals surface area contributed by atoms with Gasteiger partial charge in [-0.2, -0.15) is 0 Å². The van der Waals surface area contributed by atoms with Crippen LogP contribution in [0.4, 0.5) is 0 Å². The van der Waals surface area contributed by atoms with Crippen molar-refractivity contribution in [2.75, 3.05) is 13.1 Å². The summed E-state index contributed by atoms with van der Waals surface area (Å²) in [6.07, 6.45) is 4.08. The average molecular weight is 127 g/mol. The zero-order valence-electron chi connectivity index (χ0n) is 5.82. The molecule has 1 fully saturated rings. The van der Waals surface area contributed by atoms with Gasteiger partial charge in [-0.25, -0.2) is 0 Å². The summed E-state index contributed by atoms with van der Waals surface area (Å²) in [7, 11) is 0. The van der Waals surface area contributed by atoms with Crippen LogP contribution in [0.2, 0.25) is 0 Å². The first kappa shape index (κ1) is 7.03. The summed E-state index contributed by atoms with van der Waals surface area (Å²) >= 11 is 0. The van der Waals surface area contributed by atoms with Crippen molar-refractivity contribution in [3.05, 3.63) is 6.92 Å². The highest BCUT2D eigenvalue weighted by atomic mass is 15.2. The van der Waals surface area contributed by atoms with Gasteiger partial charge in [-0.15, -0.1) is 0 Å². The monoisotopic (exact) mass is 127 g/mol. The van der Waals surface area contributed by atoms with Crippen molar-refractivity contribution < 1.29 is 0 Å². The highest BCUT2D eigenvalue weighted by molar-refractivity contribution is 4.71. The minimum atomic E-state index is 0.576. The topological polar surface area (TPSA) is 24.1 Å². The maximum atomic E-state index is 3.79. The second-order valence-corrected chi connectivity index (χ2v) is 2.46. The summed E-state index contributed by atoms with van der Waals surface area (Å²) < 4.78 is 0. The van der Waals surface area contributed by atoms with E-state index >= 15 is 0 Å².